The summed E-state index contributed by atoms with van der Waals surface area (Å²) in [5.74, 6) is 1.94. The molecule has 0 N–H and O–H groups in total. The zero-order chi connectivity index (χ0) is 18.2. The van der Waals surface area contributed by atoms with Crippen LogP contribution < -0.4 is 9.47 Å². The summed E-state index contributed by atoms with van der Waals surface area (Å²) in [7, 11) is 0. The van der Waals surface area contributed by atoms with Crippen LogP contribution in [-0.4, -0.2) is 61.1 Å². The maximum Gasteiger partial charge on any atom is 0.219 e. The highest BCUT2D eigenvalue weighted by Crippen LogP contribution is 2.22. The zero-order valence-electron chi connectivity index (χ0n) is 16.4. The first-order valence-corrected chi connectivity index (χ1v) is 10.1. The van der Waals surface area contributed by atoms with Gasteiger partial charge in [0.2, 0.25) is 5.91 Å². The van der Waals surface area contributed by atoms with Crippen LogP contribution in [0.5, 0.6) is 11.5 Å². The largest absolute Gasteiger partial charge is 0.494 e. The van der Waals surface area contributed by atoms with Crippen molar-refractivity contribution in [3.8, 4) is 11.5 Å². The van der Waals surface area contributed by atoms with Crippen molar-refractivity contribution >= 4 is 18.3 Å². The predicted octanol–water partition coefficient (Wildman–Crippen LogP) is 3.75. The second kappa shape index (κ2) is 11.4. The average Bonchev–Trinajstić information content (AvgIpc) is 2.68. The van der Waals surface area contributed by atoms with Gasteiger partial charge in [-0.1, -0.05) is 6.42 Å². The Bertz CT molecular complexity index is 553. The Morgan fingerprint density at radius 1 is 1.00 bits per heavy atom. The Labute approximate surface area is 169 Å². The van der Waals surface area contributed by atoms with Gasteiger partial charge in [-0.3, -0.25) is 4.79 Å². The number of carbonyl (C=O) groups excluding carboxylic acids is 1. The number of nitrogens with zero attached hydrogens (tertiary/aromatic N) is 2. The fourth-order valence-corrected chi connectivity index (χ4v) is 3.76. The zero-order valence-corrected chi connectivity index (χ0v) is 17.2. The Morgan fingerprint density at radius 3 is 2.26 bits per heavy atom. The third-order valence-corrected chi connectivity index (χ3v) is 5.35. The number of ether oxygens (including phenoxy) is 2. The Kier molecular flexibility index (Phi) is 9.22. The molecule has 2 aliphatic heterocycles. The van der Waals surface area contributed by atoms with E-state index in [9.17, 15) is 4.79 Å². The van der Waals surface area contributed by atoms with E-state index in [4.69, 9.17) is 9.47 Å². The summed E-state index contributed by atoms with van der Waals surface area (Å²) >= 11 is 0. The number of benzene rings is 1. The fourth-order valence-electron chi connectivity index (χ4n) is 3.76. The lowest BCUT2D eigenvalue weighted by atomic mass is 10.1. The fraction of sp³-hybridized carbons (Fsp3) is 0.667. The predicted molar refractivity (Wildman–Crippen MR) is 110 cm³/mol. The number of rotatable bonds is 7. The molecule has 6 heteroatoms. The monoisotopic (exact) mass is 396 g/mol. The van der Waals surface area contributed by atoms with Crippen molar-refractivity contribution < 1.29 is 14.3 Å². The molecule has 0 atom stereocenters. The third-order valence-electron chi connectivity index (χ3n) is 5.35. The van der Waals surface area contributed by atoms with Crippen molar-refractivity contribution in [1.82, 2.24) is 9.80 Å². The van der Waals surface area contributed by atoms with Gasteiger partial charge in [-0.25, -0.2) is 0 Å². The van der Waals surface area contributed by atoms with Gasteiger partial charge in [0.1, 0.15) is 17.6 Å². The number of halogens is 1. The minimum atomic E-state index is 0. The smallest absolute Gasteiger partial charge is 0.219 e. The number of amides is 1. The molecular weight excluding hydrogens is 364 g/mol. The molecule has 2 saturated heterocycles. The number of hydrogen-bond donors (Lipinski definition) is 0. The minimum absolute atomic E-state index is 0. The molecule has 2 heterocycles. The first kappa shape index (κ1) is 21.8. The van der Waals surface area contributed by atoms with E-state index in [0.717, 1.165) is 57.0 Å². The standard InChI is InChI=1S/C21H32N2O3.ClH/c1-18(24)23-15-10-21(11-16-23)26-20-8-6-19(7-9-20)25-17-5-14-22-12-3-2-4-13-22;/h6-9,21H,2-5,10-17H2,1H3;1H. The summed E-state index contributed by atoms with van der Waals surface area (Å²) in [6, 6.07) is 7.94. The summed E-state index contributed by atoms with van der Waals surface area (Å²) in [5, 5.41) is 0. The average molecular weight is 397 g/mol. The topological polar surface area (TPSA) is 42.0 Å². The van der Waals surface area contributed by atoms with Crippen LogP contribution in [0.3, 0.4) is 0 Å². The van der Waals surface area contributed by atoms with E-state index in [2.05, 4.69) is 4.90 Å². The highest BCUT2D eigenvalue weighted by Gasteiger charge is 2.21. The molecule has 0 spiro atoms. The Hall–Kier alpha value is -1.46. The van der Waals surface area contributed by atoms with E-state index in [1.54, 1.807) is 6.92 Å². The van der Waals surface area contributed by atoms with E-state index < -0.39 is 0 Å². The van der Waals surface area contributed by atoms with Crippen LogP contribution in [0.2, 0.25) is 0 Å². The van der Waals surface area contributed by atoms with Gasteiger partial charge in [0, 0.05) is 39.4 Å². The van der Waals surface area contributed by atoms with Gasteiger partial charge in [-0.15, -0.1) is 12.4 Å². The maximum absolute atomic E-state index is 11.4. The lowest BCUT2D eigenvalue weighted by Gasteiger charge is -2.31. The van der Waals surface area contributed by atoms with Gasteiger partial charge in [-0.2, -0.15) is 0 Å². The lowest BCUT2D eigenvalue weighted by molar-refractivity contribution is -0.130. The second-order valence-electron chi connectivity index (χ2n) is 7.40. The van der Waals surface area contributed by atoms with Gasteiger partial charge in [0.25, 0.3) is 0 Å². The third kappa shape index (κ3) is 7.23. The van der Waals surface area contributed by atoms with Crippen LogP contribution in [0.15, 0.2) is 24.3 Å². The Morgan fingerprint density at radius 2 is 1.63 bits per heavy atom. The van der Waals surface area contributed by atoms with Gasteiger partial charge < -0.3 is 19.3 Å². The maximum atomic E-state index is 11.4. The summed E-state index contributed by atoms with van der Waals surface area (Å²) in [4.78, 5) is 15.8. The van der Waals surface area contributed by atoms with Crippen LogP contribution in [0, 0.1) is 0 Å². The minimum Gasteiger partial charge on any atom is -0.494 e. The molecule has 1 amide bonds. The van der Waals surface area contributed by atoms with Gasteiger partial charge >= 0.3 is 0 Å². The molecular formula is C21H33ClN2O3. The molecule has 5 nitrogen and oxygen atoms in total. The molecule has 3 rings (SSSR count). The molecule has 152 valence electrons. The van der Waals surface area contributed by atoms with Crippen molar-refractivity contribution in [3.63, 3.8) is 0 Å². The number of piperidine rings is 2. The molecule has 0 unspecified atom stereocenters. The van der Waals surface area contributed by atoms with Crippen molar-refractivity contribution in [1.29, 1.82) is 0 Å². The van der Waals surface area contributed by atoms with E-state index in [-0.39, 0.29) is 24.4 Å². The van der Waals surface area contributed by atoms with Crippen molar-refractivity contribution in [2.75, 3.05) is 39.3 Å². The summed E-state index contributed by atoms with van der Waals surface area (Å²) < 4.78 is 11.9. The van der Waals surface area contributed by atoms with E-state index in [1.807, 2.05) is 29.2 Å². The van der Waals surface area contributed by atoms with Gasteiger partial charge in [-0.05, 0) is 56.6 Å². The quantitative estimate of drug-likeness (QED) is 0.658. The lowest BCUT2D eigenvalue weighted by Crippen LogP contribution is -2.40. The first-order valence-electron chi connectivity index (χ1n) is 10.1. The summed E-state index contributed by atoms with van der Waals surface area (Å²) in [6.45, 7) is 7.61. The number of carbonyl (C=O) groups is 1. The van der Waals surface area contributed by atoms with Crippen LogP contribution in [0.25, 0.3) is 0 Å². The molecule has 1 aromatic rings. The van der Waals surface area contributed by atoms with Crippen LogP contribution >= 0.6 is 12.4 Å². The second-order valence-corrected chi connectivity index (χ2v) is 7.40. The van der Waals surface area contributed by atoms with Crippen LogP contribution in [0.1, 0.15) is 45.4 Å². The normalized spacial score (nSPS) is 18.6. The number of likely N-dealkylation sites (tertiary alicyclic amines) is 2. The SMILES string of the molecule is CC(=O)N1CCC(Oc2ccc(OCCCN3CCCCC3)cc2)CC1.Cl. The van der Waals surface area contributed by atoms with E-state index in [1.165, 1.54) is 32.4 Å². The molecule has 0 radical (unpaired) electrons. The molecule has 27 heavy (non-hydrogen) atoms. The molecule has 0 aromatic heterocycles. The number of hydrogen-bond acceptors (Lipinski definition) is 4. The molecule has 0 aliphatic carbocycles. The van der Waals surface area contributed by atoms with Gasteiger partial charge in [0.05, 0.1) is 6.61 Å². The molecule has 2 fully saturated rings. The highest BCUT2D eigenvalue weighted by atomic mass is 35.5. The van der Waals surface area contributed by atoms with Crippen LogP contribution in [-0.2, 0) is 4.79 Å². The molecule has 0 saturated carbocycles. The highest BCUT2D eigenvalue weighted by molar-refractivity contribution is 5.85. The molecule has 2 aliphatic rings. The molecule has 1 aromatic carbocycles. The van der Waals surface area contributed by atoms with E-state index >= 15 is 0 Å². The molecule has 0 bridgehead atoms. The van der Waals surface area contributed by atoms with Crippen molar-refractivity contribution in [3.05, 3.63) is 24.3 Å². The Balaban J connectivity index is 0.00000261. The summed E-state index contributed by atoms with van der Waals surface area (Å²) in [5.41, 5.74) is 0. The first-order chi connectivity index (χ1) is 12.7. The van der Waals surface area contributed by atoms with E-state index in [0.29, 0.717) is 0 Å². The van der Waals surface area contributed by atoms with Crippen molar-refractivity contribution in [2.24, 2.45) is 0 Å². The summed E-state index contributed by atoms with van der Waals surface area (Å²) in [6.07, 6.45) is 7.14. The van der Waals surface area contributed by atoms with Gasteiger partial charge in [0.15, 0.2) is 0 Å². The van der Waals surface area contributed by atoms with Crippen molar-refractivity contribution in [2.45, 2.75) is 51.6 Å². The van der Waals surface area contributed by atoms with Crippen LogP contribution in [0.4, 0.5) is 0 Å².